The number of hydrogen-bond donors (Lipinski definition) is 1. The van der Waals surface area contributed by atoms with Crippen molar-refractivity contribution in [2.45, 2.75) is 44.4 Å². The number of carbonyl (C=O) groups excluding carboxylic acids is 2. The summed E-state index contributed by atoms with van der Waals surface area (Å²) in [7, 11) is 2.06. The van der Waals surface area contributed by atoms with Crippen LogP contribution >= 0.6 is 0 Å². The maximum atomic E-state index is 12.7. The second-order valence-electron chi connectivity index (χ2n) is 7.41. The lowest BCUT2D eigenvalue weighted by Gasteiger charge is -2.32. The molecular weight excluding hydrogens is 342 g/mol. The Morgan fingerprint density at radius 3 is 2.93 bits per heavy atom. The minimum Gasteiger partial charge on any atom is -0.342 e. The van der Waals surface area contributed by atoms with Crippen molar-refractivity contribution in [2.24, 2.45) is 12.1 Å². The molecule has 7 heteroatoms. The predicted octanol–water partition coefficient (Wildman–Crippen LogP) is 2.33. The molecule has 2 amide bonds. The van der Waals surface area contributed by atoms with Crippen molar-refractivity contribution in [3.05, 3.63) is 30.1 Å². The first-order chi connectivity index (χ1) is 13.1. The average molecular weight is 367 g/mol. The highest BCUT2D eigenvalue weighted by Gasteiger charge is 2.28. The third-order valence-corrected chi connectivity index (χ3v) is 5.57. The number of imidazole rings is 1. The molecular formula is C20H25N5O2. The zero-order valence-electron chi connectivity index (χ0n) is 15.6. The van der Waals surface area contributed by atoms with Gasteiger partial charge in [0, 0.05) is 44.6 Å². The highest BCUT2D eigenvalue weighted by Crippen LogP contribution is 2.29. The van der Waals surface area contributed by atoms with E-state index in [1.807, 2.05) is 23.1 Å². The Morgan fingerprint density at radius 2 is 2.15 bits per heavy atom. The van der Waals surface area contributed by atoms with Crippen LogP contribution in [0.4, 0.5) is 0 Å². The molecule has 27 heavy (non-hydrogen) atoms. The molecule has 0 saturated carbocycles. The van der Waals surface area contributed by atoms with Crippen LogP contribution in [-0.2, 0) is 16.6 Å². The molecule has 1 N–H and O–H groups in total. The van der Waals surface area contributed by atoms with Gasteiger partial charge in [0.25, 0.3) is 0 Å². The third-order valence-electron chi connectivity index (χ3n) is 5.57. The van der Waals surface area contributed by atoms with Crippen molar-refractivity contribution in [2.75, 3.05) is 13.1 Å². The smallest absolute Gasteiger partial charge is 0.240 e. The molecule has 1 aromatic carbocycles. The molecule has 0 bridgehead atoms. The van der Waals surface area contributed by atoms with E-state index < -0.39 is 0 Å². The lowest BCUT2D eigenvalue weighted by molar-refractivity contribution is -0.132. The van der Waals surface area contributed by atoms with Crippen LogP contribution in [0.25, 0.3) is 11.0 Å². The van der Waals surface area contributed by atoms with E-state index in [2.05, 4.69) is 28.2 Å². The maximum Gasteiger partial charge on any atom is 0.240 e. The van der Waals surface area contributed by atoms with Gasteiger partial charge in [-0.25, -0.2) is 10.4 Å². The van der Waals surface area contributed by atoms with E-state index in [9.17, 15) is 9.59 Å². The zero-order chi connectivity index (χ0) is 18.8. The Morgan fingerprint density at radius 1 is 1.30 bits per heavy atom. The molecule has 1 atom stereocenters. The van der Waals surface area contributed by atoms with Crippen LogP contribution in [0, 0.1) is 0 Å². The van der Waals surface area contributed by atoms with Gasteiger partial charge in [-0.05, 0) is 37.8 Å². The number of fused-ring (bicyclic) bond motifs is 1. The lowest BCUT2D eigenvalue weighted by Crippen LogP contribution is -2.40. The molecule has 2 aromatic rings. The van der Waals surface area contributed by atoms with E-state index in [0.29, 0.717) is 25.7 Å². The van der Waals surface area contributed by atoms with Crippen LogP contribution in [-0.4, -0.2) is 45.1 Å². The Kier molecular flexibility index (Phi) is 4.92. The van der Waals surface area contributed by atoms with Crippen molar-refractivity contribution in [3.63, 3.8) is 0 Å². The van der Waals surface area contributed by atoms with Crippen molar-refractivity contribution >= 4 is 28.6 Å². The van der Waals surface area contributed by atoms with Gasteiger partial charge < -0.3 is 9.47 Å². The summed E-state index contributed by atoms with van der Waals surface area (Å²) in [6.45, 7) is 1.53. The number of likely N-dealkylation sites (tertiary alicyclic amines) is 1. The normalized spacial score (nSPS) is 20.5. The van der Waals surface area contributed by atoms with Gasteiger partial charge in [0.15, 0.2) is 0 Å². The molecule has 1 aromatic heterocycles. The molecule has 1 unspecified atom stereocenters. The fraction of sp³-hybridized carbons (Fsp3) is 0.500. The number of amides is 2. The van der Waals surface area contributed by atoms with Gasteiger partial charge in [-0.3, -0.25) is 9.59 Å². The topological polar surface area (TPSA) is 79.6 Å². The fourth-order valence-corrected chi connectivity index (χ4v) is 4.04. The predicted molar refractivity (Wildman–Crippen MR) is 103 cm³/mol. The summed E-state index contributed by atoms with van der Waals surface area (Å²) >= 11 is 0. The number of nitrogens with zero attached hydrogens (tertiary/aromatic N) is 4. The largest absolute Gasteiger partial charge is 0.342 e. The summed E-state index contributed by atoms with van der Waals surface area (Å²) in [6.07, 6.45) is 4.24. The summed E-state index contributed by atoms with van der Waals surface area (Å²) in [5.74, 6) is 1.45. The number of hydrogen-bond acceptors (Lipinski definition) is 4. The Bertz CT molecular complexity index is 901. The second-order valence-corrected chi connectivity index (χ2v) is 7.41. The monoisotopic (exact) mass is 367 g/mol. The molecule has 2 aliphatic rings. The molecule has 2 aliphatic heterocycles. The average Bonchev–Trinajstić information content (AvgIpc) is 3.04. The molecule has 142 valence electrons. The minimum absolute atomic E-state index is 0.0496. The van der Waals surface area contributed by atoms with Crippen molar-refractivity contribution < 1.29 is 9.59 Å². The summed E-state index contributed by atoms with van der Waals surface area (Å²) in [5, 5.41) is 4.06. The van der Waals surface area contributed by atoms with Gasteiger partial charge in [0.1, 0.15) is 5.82 Å². The van der Waals surface area contributed by atoms with Crippen LogP contribution in [0.3, 0.4) is 0 Å². The van der Waals surface area contributed by atoms with Gasteiger partial charge in [0.05, 0.1) is 11.0 Å². The van der Waals surface area contributed by atoms with Crippen molar-refractivity contribution in [1.29, 1.82) is 0 Å². The lowest BCUT2D eigenvalue weighted by atomic mass is 9.96. The number of nitrogens with one attached hydrogen (secondary N) is 1. The third kappa shape index (κ3) is 3.72. The van der Waals surface area contributed by atoms with E-state index in [1.165, 1.54) is 0 Å². The molecule has 0 radical (unpaired) electrons. The molecule has 1 fully saturated rings. The number of benzene rings is 1. The quantitative estimate of drug-likeness (QED) is 0.901. The first-order valence-corrected chi connectivity index (χ1v) is 9.65. The number of rotatable bonds is 4. The van der Waals surface area contributed by atoms with Crippen molar-refractivity contribution in [1.82, 2.24) is 19.9 Å². The number of aryl methyl sites for hydroxylation is 1. The first kappa shape index (κ1) is 17.7. The Hall–Kier alpha value is -2.70. The number of aromatic nitrogens is 2. The van der Waals surface area contributed by atoms with E-state index in [0.717, 1.165) is 48.5 Å². The molecule has 0 spiro atoms. The number of piperidine rings is 1. The van der Waals surface area contributed by atoms with E-state index >= 15 is 0 Å². The molecule has 0 aliphatic carbocycles. The van der Waals surface area contributed by atoms with Gasteiger partial charge in [-0.15, -0.1) is 0 Å². The summed E-state index contributed by atoms with van der Waals surface area (Å²) < 4.78 is 2.16. The number of para-hydroxylation sites is 2. The summed E-state index contributed by atoms with van der Waals surface area (Å²) in [5.41, 5.74) is 5.55. The van der Waals surface area contributed by atoms with Crippen LogP contribution in [0.2, 0.25) is 0 Å². The SMILES string of the molecule is Cn1c(C2CCCN(C(=O)CCC3=NNC(=O)CC3)C2)nc2ccccc21. The van der Waals surface area contributed by atoms with Crippen molar-refractivity contribution in [3.8, 4) is 0 Å². The van der Waals surface area contributed by atoms with E-state index in [-0.39, 0.29) is 17.7 Å². The Labute approximate surface area is 158 Å². The van der Waals surface area contributed by atoms with Crippen LogP contribution < -0.4 is 5.43 Å². The summed E-state index contributed by atoms with van der Waals surface area (Å²) in [6, 6.07) is 8.16. The number of hydrazone groups is 1. The van der Waals surface area contributed by atoms with Crippen LogP contribution in [0.1, 0.15) is 50.3 Å². The molecule has 4 rings (SSSR count). The zero-order valence-corrected chi connectivity index (χ0v) is 15.6. The van der Waals surface area contributed by atoms with Crippen LogP contribution in [0.15, 0.2) is 29.4 Å². The van der Waals surface area contributed by atoms with E-state index in [1.54, 1.807) is 0 Å². The number of carbonyl (C=O) groups is 2. The minimum atomic E-state index is -0.0496. The van der Waals surface area contributed by atoms with E-state index in [4.69, 9.17) is 4.98 Å². The van der Waals surface area contributed by atoms with Gasteiger partial charge in [0.2, 0.25) is 11.8 Å². The fourth-order valence-electron chi connectivity index (χ4n) is 4.04. The van der Waals surface area contributed by atoms with Gasteiger partial charge >= 0.3 is 0 Å². The van der Waals surface area contributed by atoms with Crippen LogP contribution in [0.5, 0.6) is 0 Å². The van der Waals surface area contributed by atoms with Gasteiger partial charge in [-0.1, -0.05) is 12.1 Å². The van der Waals surface area contributed by atoms with Gasteiger partial charge in [-0.2, -0.15) is 5.10 Å². The highest BCUT2D eigenvalue weighted by atomic mass is 16.2. The summed E-state index contributed by atoms with van der Waals surface area (Å²) in [4.78, 5) is 30.6. The maximum absolute atomic E-state index is 12.7. The first-order valence-electron chi connectivity index (χ1n) is 9.65. The molecule has 3 heterocycles. The highest BCUT2D eigenvalue weighted by molar-refractivity contribution is 5.94. The molecule has 7 nitrogen and oxygen atoms in total. The standard InChI is InChI=1S/C20H25N5O2/c1-24-17-7-3-2-6-16(17)21-20(24)14-5-4-12-25(13-14)19(27)11-9-15-8-10-18(26)23-22-15/h2-3,6-7,14H,4-5,8-13H2,1H3,(H,23,26). The Balaban J connectivity index is 1.40. The second kappa shape index (κ2) is 7.50. The molecule has 1 saturated heterocycles.